The summed E-state index contributed by atoms with van der Waals surface area (Å²) in [4.78, 5) is 0. The Balaban J connectivity index is 2.45. The summed E-state index contributed by atoms with van der Waals surface area (Å²) in [5, 5.41) is 1.68. The van der Waals surface area contributed by atoms with Gasteiger partial charge in [-0.1, -0.05) is 42.5 Å². The zero-order chi connectivity index (χ0) is 11.4. The Labute approximate surface area is 101 Å². The van der Waals surface area contributed by atoms with E-state index in [1.54, 1.807) is 12.5 Å². The van der Waals surface area contributed by atoms with Crippen LogP contribution in [-0.2, 0) is 0 Å². The standard InChI is InChI=1S/C14H12OS/c1-15-14-7-3-6-13(9-14)12-5-2-4-11(8-12)10-16/h2-10H,1H3. The van der Waals surface area contributed by atoms with Crippen molar-refractivity contribution in [3.05, 3.63) is 54.1 Å². The summed E-state index contributed by atoms with van der Waals surface area (Å²) in [6.45, 7) is 0. The molecule has 2 aromatic rings. The first-order chi connectivity index (χ1) is 7.83. The minimum Gasteiger partial charge on any atom is -0.497 e. The molecule has 0 amide bonds. The van der Waals surface area contributed by atoms with E-state index in [9.17, 15) is 0 Å². The topological polar surface area (TPSA) is 9.23 Å². The molecule has 0 saturated heterocycles. The molecule has 0 aromatic heterocycles. The van der Waals surface area contributed by atoms with Gasteiger partial charge in [0.25, 0.3) is 0 Å². The van der Waals surface area contributed by atoms with Crippen molar-refractivity contribution in [3.8, 4) is 16.9 Å². The molecule has 0 fully saturated rings. The van der Waals surface area contributed by atoms with Crippen LogP contribution in [0.3, 0.4) is 0 Å². The van der Waals surface area contributed by atoms with Gasteiger partial charge in [0.2, 0.25) is 0 Å². The van der Waals surface area contributed by atoms with Crippen molar-refractivity contribution in [1.82, 2.24) is 0 Å². The maximum atomic E-state index is 5.20. The van der Waals surface area contributed by atoms with Crippen molar-refractivity contribution in [2.24, 2.45) is 0 Å². The van der Waals surface area contributed by atoms with Crippen molar-refractivity contribution in [3.63, 3.8) is 0 Å². The smallest absolute Gasteiger partial charge is 0.119 e. The summed E-state index contributed by atoms with van der Waals surface area (Å²) < 4.78 is 5.20. The van der Waals surface area contributed by atoms with Gasteiger partial charge >= 0.3 is 0 Å². The molecule has 0 radical (unpaired) electrons. The summed E-state index contributed by atoms with van der Waals surface area (Å²) in [6.07, 6.45) is 0. The van der Waals surface area contributed by atoms with Crippen LogP contribution in [0.2, 0.25) is 0 Å². The molecular formula is C14H12OS. The van der Waals surface area contributed by atoms with Crippen LogP contribution in [0, 0.1) is 0 Å². The average Bonchev–Trinajstić information content (AvgIpc) is 2.39. The first-order valence-electron chi connectivity index (χ1n) is 5.03. The highest BCUT2D eigenvalue weighted by Crippen LogP contribution is 2.24. The Kier molecular flexibility index (Phi) is 3.32. The summed E-state index contributed by atoms with van der Waals surface area (Å²) >= 11 is 4.93. The molecule has 0 unspecified atom stereocenters. The van der Waals surface area contributed by atoms with Crippen molar-refractivity contribution in [2.75, 3.05) is 7.11 Å². The van der Waals surface area contributed by atoms with E-state index >= 15 is 0 Å². The van der Waals surface area contributed by atoms with Gasteiger partial charge in [-0.2, -0.15) is 0 Å². The molecule has 0 aliphatic rings. The monoisotopic (exact) mass is 228 g/mol. The van der Waals surface area contributed by atoms with E-state index < -0.39 is 0 Å². The third-order valence-electron chi connectivity index (χ3n) is 2.43. The van der Waals surface area contributed by atoms with E-state index in [2.05, 4.69) is 18.2 Å². The summed E-state index contributed by atoms with van der Waals surface area (Å²) in [6, 6.07) is 16.1. The largest absolute Gasteiger partial charge is 0.497 e. The number of rotatable bonds is 3. The lowest BCUT2D eigenvalue weighted by Crippen LogP contribution is -1.85. The molecule has 0 bridgehead atoms. The van der Waals surface area contributed by atoms with E-state index in [-0.39, 0.29) is 0 Å². The van der Waals surface area contributed by atoms with Gasteiger partial charge in [-0.3, -0.25) is 0 Å². The van der Waals surface area contributed by atoms with Crippen LogP contribution >= 0.6 is 12.2 Å². The predicted molar refractivity (Wildman–Crippen MR) is 71.2 cm³/mol. The Morgan fingerprint density at radius 3 is 2.38 bits per heavy atom. The van der Waals surface area contributed by atoms with Crippen molar-refractivity contribution >= 4 is 17.6 Å². The van der Waals surface area contributed by atoms with Gasteiger partial charge in [0.15, 0.2) is 0 Å². The lowest BCUT2D eigenvalue weighted by molar-refractivity contribution is 0.415. The molecule has 0 saturated carbocycles. The normalized spacial score (nSPS) is 9.81. The Morgan fingerprint density at radius 1 is 1.00 bits per heavy atom. The SMILES string of the molecule is COc1cccc(-c2cccc(C=S)c2)c1. The molecular weight excluding hydrogens is 216 g/mol. The molecule has 0 aliphatic heterocycles. The van der Waals surface area contributed by atoms with Crippen LogP contribution in [0.15, 0.2) is 48.5 Å². The molecule has 0 N–H and O–H groups in total. The first kappa shape index (κ1) is 10.8. The second kappa shape index (κ2) is 4.90. The van der Waals surface area contributed by atoms with E-state index in [0.29, 0.717) is 0 Å². The van der Waals surface area contributed by atoms with Crippen LogP contribution in [0.1, 0.15) is 5.56 Å². The quantitative estimate of drug-likeness (QED) is 0.741. The number of hydrogen-bond donors (Lipinski definition) is 0. The molecule has 2 rings (SSSR count). The summed E-state index contributed by atoms with van der Waals surface area (Å²) in [5.74, 6) is 0.866. The predicted octanol–water partition coefficient (Wildman–Crippen LogP) is 3.71. The number of thiocarbonyl (C=S) groups is 1. The maximum Gasteiger partial charge on any atom is 0.119 e. The zero-order valence-electron chi connectivity index (χ0n) is 9.01. The molecule has 1 nitrogen and oxygen atoms in total. The lowest BCUT2D eigenvalue weighted by Gasteiger charge is -2.05. The molecule has 0 spiro atoms. The fourth-order valence-corrected chi connectivity index (χ4v) is 1.74. The minimum atomic E-state index is 0.866. The zero-order valence-corrected chi connectivity index (χ0v) is 9.83. The molecule has 80 valence electrons. The van der Waals surface area contributed by atoms with Gasteiger partial charge in [-0.25, -0.2) is 0 Å². The van der Waals surface area contributed by atoms with Crippen molar-refractivity contribution in [1.29, 1.82) is 0 Å². The highest BCUT2D eigenvalue weighted by atomic mass is 32.1. The van der Waals surface area contributed by atoms with Crippen molar-refractivity contribution < 1.29 is 4.74 Å². The second-order valence-corrected chi connectivity index (χ2v) is 3.71. The molecule has 0 atom stereocenters. The van der Waals surface area contributed by atoms with Gasteiger partial charge < -0.3 is 4.74 Å². The third-order valence-corrected chi connectivity index (χ3v) is 2.70. The van der Waals surface area contributed by atoms with Gasteiger partial charge in [-0.15, -0.1) is 0 Å². The van der Waals surface area contributed by atoms with Crippen molar-refractivity contribution in [2.45, 2.75) is 0 Å². The summed E-state index contributed by atoms with van der Waals surface area (Å²) in [5.41, 5.74) is 3.34. The highest BCUT2D eigenvalue weighted by Gasteiger charge is 1.99. The average molecular weight is 228 g/mol. The fraction of sp³-hybridized carbons (Fsp3) is 0.0714. The summed E-state index contributed by atoms with van der Waals surface area (Å²) in [7, 11) is 1.67. The minimum absolute atomic E-state index is 0.866. The number of ether oxygens (including phenoxy) is 1. The number of hydrogen-bond acceptors (Lipinski definition) is 2. The Bertz CT molecular complexity index is 506. The van der Waals surface area contributed by atoms with Crippen LogP contribution in [-0.4, -0.2) is 12.5 Å². The third kappa shape index (κ3) is 2.28. The van der Waals surface area contributed by atoms with Gasteiger partial charge in [0.1, 0.15) is 5.75 Å². The molecule has 16 heavy (non-hydrogen) atoms. The van der Waals surface area contributed by atoms with E-state index in [1.165, 1.54) is 0 Å². The van der Waals surface area contributed by atoms with Crippen LogP contribution in [0.5, 0.6) is 5.75 Å². The Hall–Kier alpha value is -1.67. The number of benzene rings is 2. The first-order valence-corrected chi connectivity index (χ1v) is 5.50. The van der Waals surface area contributed by atoms with Crippen LogP contribution < -0.4 is 4.74 Å². The molecule has 0 aliphatic carbocycles. The molecule has 2 heteroatoms. The van der Waals surface area contributed by atoms with Crippen LogP contribution in [0.4, 0.5) is 0 Å². The van der Waals surface area contributed by atoms with E-state index in [4.69, 9.17) is 17.0 Å². The lowest BCUT2D eigenvalue weighted by atomic mass is 10.0. The number of methoxy groups -OCH3 is 1. The second-order valence-electron chi connectivity index (χ2n) is 3.48. The van der Waals surface area contributed by atoms with Gasteiger partial charge in [0.05, 0.1) is 7.11 Å². The molecule has 2 aromatic carbocycles. The Morgan fingerprint density at radius 2 is 1.69 bits per heavy atom. The highest BCUT2D eigenvalue weighted by molar-refractivity contribution is 7.79. The van der Waals surface area contributed by atoms with E-state index in [0.717, 1.165) is 22.4 Å². The fourth-order valence-electron chi connectivity index (χ4n) is 1.59. The van der Waals surface area contributed by atoms with Gasteiger partial charge in [-0.05, 0) is 34.9 Å². The van der Waals surface area contributed by atoms with E-state index in [1.807, 2.05) is 30.3 Å². The van der Waals surface area contributed by atoms with Crippen LogP contribution in [0.25, 0.3) is 11.1 Å². The van der Waals surface area contributed by atoms with Gasteiger partial charge in [0, 0.05) is 5.37 Å². The maximum absolute atomic E-state index is 5.20. The molecule has 0 heterocycles.